The van der Waals surface area contributed by atoms with Gasteiger partial charge in [-0.1, -0.05) is 30.3 Å². The van der Waals surface area contributed by atoms with E-state index >= 15 is 0 Å². The molecule has 3 rings (SSSR count). The molecule has 0 spiro atoms. The number of halogens is 1. The average Bonchev–Trinajstić information content (AvgIpc) is 2.88. The second-order valence-electron chi connectivity index (χ2n) is 5.52. The minimum Gasteiger partial charge on any atom is -0.364 e. The first-order chi connectivity index (χ1) is 7.99. The second kappa shape index (κ2) is 3.47. The fourth-order valence-electron chi connectivity index (χ4n) is 3.02. The summed E-state index contributed by atoms with van der Waals surface area (Å²) >= 11 is 6.48. The number of fused-ring (bicyclic) bond motifs is 1. The van der Waals surface area contributed by atoms with E-state index < -0.39 is 10.7 Å². The molecule has 1 unspecified atom stereocenters. The Bertz CT molecular complexity index is 427. The summed E-state index contributed by atoms with van der Waals surface area (Å²) in [6.45, 7) is 2.26. The highest BCUT2D eigenvalue weighted by Gasteiger charge is 2.79. The van der Waals surface area contributed by atoms with Gasteiger partial charge in [0.2, 0.25) is 0 Å². The van der Waals surface area contributed by atoms with Crippen LogP contribution in [0.4, 0.5) is 0 Å². The van der Waals surface area contributed by atoms with Crippen molar-refractivity contribution in [1.29, 1.82) is 0 Å². The summed E-state index contributed by atoms with van der Waals surface area (Å²) in [6, 6.07) is 10.4. The molecule has 0 radical (unpaired) electrons. The summed E-state index contributed by atoms with van der Waals surface area (Å²) in [7, 11) is 0. The Balaban J connectivity index is 1.69. The molecule has 3 atom stereocenters. The standard InChI is InChI=1S/C14H17ClO2/c1-12(16)14(15)9-13(14,10-17-12)8-7-11-5-3-2-4-6-11/h2-6,16H,7-10H2,1H3/t12?,13-,14-/m0/s1. The Morgan fingerprint density at radius 2 is 2.06 bits per heavy atom. The molecule has 0 amide bonds. The van der Waals surface area contributed by atoms with Crippen molar-refractivity contribution in [2.75, 3.05) is 6.61 Å². The maximum atomic E-state index is 10.1. The molecular weight excluding hydrogens is 236 g/mol. The van der Waals surface area contributed by atoms with E-state index in [-0.39, 0.29) is 5.41 Å². The quantitative estimate of drug-likeness (QED) is 0.839. The number of alkyl halides is 1. The van der Waals surface area contributed by atoms with Crippen LogP contribution in [-0.4, -0.2) is 22.4 Å². The third-order valence-corrected chi connectivity index (χ3v) is 5.28. The van der Waals surface area contributed by atoms with Crippen molar-refractivity contribution < 1.29 is 9.84 Å². The van der Waals surface area contributed by atoms with Gasteiger partial charge in [-0.25, -0.2) is 0 Å². The van der Waals surface area contributed by atoms with E-state index in [1.54, 1.807) is 6.92 Å². The summed E-state index contributed by atoms with van der Waals surface area (Å²) in [4.78, 5) is -0.561. The molecule has 1 N–H and O–H groups in total. The van der Waals surface area contributed by atoms with Crippen molar-refractivity contribution in [3.63, 3.8) is 0 Å². The highest BCUT2D eigenvalue weighted by Crippen LogP contribution is 2.72. The number of aliphatic hydroxyl groups is 1. The van der Waals surface area contributed by atoms with Crippen LogP contribution in [0.5, 0.6) is 0 Å². The van der Waals surface area contributed by atoms with Gasteiger partial charge in [-0.05, 0) is 31.7 Å². The van der Waals surface area contributed by atoms with Crippen molar-refractivity contribution in [2.45, 2.75) is 36.8 Å². The smallest absolute Gasteiger partial charge is 0.182 e. The van der Waals surface area contributed by atoms with Crippen molar-refractivity contribution in [2.24, 2.45) is 5.41 Å². The second-order valence-corrected chi connectivity index (χ2v) is 6.16. The largest absolute Gasteiger partial charge is 0.364 e. The lowest BCUT2D eigenvalue weighted by molar-refractivity contribution is -0.171. The molecule has 1 aromatic carbocycles. The Morgan fingerprint density at radius 3 is 2.59 bits per heavy atom. The molecule has 1 saturated carbocycles. The monoisotopic (exact) mass is 252 g/mol. The van der Waals surface area contributed by atoms with Crippen molar-refractivity contribution >= 4 is 11.6 Å². The molecule has 3 heteroatoms. The predicted octanol–water partition coefficient (Wildman–Crippen LogP) is 2.73. The van der Waals surface area contributed by atoms with E-state index in [0.717, 1.165) is 19.3 Å². The highest BCUT2D eigenvalue weighted by molar-refractivity contribution is 6.28. The lowest BCUT2D eigenvalue weighted by Gasteiger charge is -2.23. The van der Waals surface area contributed by atoms with Crippen LogP contribution < -0.4 is 0 Å². The molecule has 2 nitrogen and oxygen atoms in total. The summed E-state index contributed by atoms with van der Waals surface area (Å²) < 4.78 is 5.42. The Kier molecular flexibility index (Phi) is 2.35. The molecule has 1 aliphatic heterocycles. The number of hydrogen-bond donors (Lipinski definition) is 1. The molecule has 2 fully saturated rings. The molecule has 0 bridgehead atoms. The first kappa shape index (κ1) is 11.5. The lowest BCUT2D eigenvalue weighted by atomic mass is 9.94. The molecular formula is C14H17ClO2. The van der Waals surface area contributed by atoms with Gasteiger partial charge >= 0.3 is 0 Å². The van der Waals surface area contributed by atoms with Gasteiger partial charge in [-0.15, -0.1) is 11.6 Å². The van der Waals surface area contributed by atoms with Crippen LogP contribution >= 0.6 is 11.6 Å². The third kappa shape index (κ3) is 1.55. The zero-order valence-corrected chi connectivity index (χ0v) is 10.7. The summed E-state index contributed by atoms with van der Waals surface area (Å²) in [5.41, 5.74) is 1.30. The van der Waals surface area contributed by atoms with Gasteiger partial charge in [0.1, 0.15) is 4.87 Å². The molecule has 1 aromatic rings. The summed E-state index contributed by atoms with van der Waals surface area (Å²) in [5, 5.41) is 10.1. The van der Waals surface area contributed by atoms with Gasteiger partial charge in [-0.2, -0.15) is 0 Å². The van der Waals surface area contributed by atoms with Crippen LogP contribution in [0.3, 0.4) is 0 Å². The lowest BCUT2D eigenvalue weighted by Crippen LogP contribution is -2.37. The summed E-state index contributed by atoms with van der Waals surface area (Å²) in [6.07, 6.45) is 2.84. The molecule has 2 aliphatic rings. The van der Waals surface area contributed by atoms with Crippen LogP contribution in [0, 0.1) is 5.41 Å². The minimum atomic E-state index is -1.16. The number of aryl methyl sites for hydroxylation is 1. The molecule has 17 heavy (non-hydrogen) atoms. The Morgan fingerprint density at radius 1 is 1.35 bits per heavy atom. The average molecular weight is 253 g/mol. The van der Waals surface area contributed by atoms with E-state index in [1.807, 2.05) is 6.07 Å². The fraction of sp³-hybridized carbons (Fsp3) is 0.571. The van der Waals surface area contributed by atoms with Crippen molar-refractivity contribution in [3.8, 4) is 0 Å². The van der Waals surface area contributed by atoms with Gasteiger partial charge in [0.25, 0.3) is 0 Å². The SMILES string of the molecule is CC1(O)OC[C@]2(CCc3ccccc3)C[C@]12Cl. The number of rotatable bonds is 3. The maximum absolute atomic E-state index is 10.1. The summed E-state index contributed by atoms with van der Waals surface area (Å²) in [5.74, 6) is -1.16. The molecule has 0 aromatic heterocycles. The number of benzene rings is 1. The topological polar surface area (TPSA) is 29.5 Å². The Labute approximate surface area is 107 Å². The minimum absolute atomic E-state index is 0.0199. The molecule has 1 heterocycles. The van der Waals surface area contributed by atoms with E-state index in [9.17, 15) is 5.11 Å². The molecule has 1 saturated heterocycles. The van der Waals surface area contributed by atoms with Gasteiger partial charge in [0.15, 0.2) is 5.79 Å². The van der Waals surface area contributed by atoms with Crippen molar-refractivity contribution in [3.05, 3.63) is 35.9 Å². The Hall–Kier alpha value is -0.570. The molecule has 1 aliphatic carbocycles. The predicted molar refractivity (Wildman–Crippen MR) is 67.0 cm³/mol. The normalized spacial score (nSPS) is 43.5. The third-order valence-electron chi connectivity index (χ3n) is 4.40. The van der Waals surface area contributed by atoms with E-state index in [1.165, 1.54) is 5.56 Å². The van der Waals surface area contributed by atoms with Gasteiger partial charge in [0.05, 0.1) is 6.61 Å². The zero-order valence-electron chi connectivity index (χ0n) is 9.95. The van der Waals surface area contributed by atoms with Gasteiger partial charge in [-0.3, -0.25) is 0 Å². The fourth-order valence-corrected chi connectivity index (χ4v) is 3.48. The van der Waals surface area contributed by atoms with Gasteiger partial charge < -0.3 is 9.84 Å². The van der Waals surface area contributed by atoms with E-state index in [0.29, 0.717) is 6.61 Å². The van der Waals surface area contributed by atoms with Crippen LogP contribution in [0.25, 0.3) is 0 Å². The first-order valence-corrected chi connectivity index (χ1v) is 6.46. The number of ether oxygens (including phenoxy) is 1. The van der Waals surface area contributed by atoms with Gasteiger partial charge in [0, 0.05) is 5.41 Å². The maximum Gasteiger partial charge on any atom is 0.182 e. The van der Waals surface area contributed by atoms with Crippen LogP contribution in [0.15, 0.2) is 30.3 Å². The van der Waals surface area contributed by atoms with Crippen LogP contribution in [0.1, 0.15) is 25.3 Å². The molecule has 92 valence electrons. The van der Waals surface area contributed by atoms with Crippen LogP contribution in [-0.2, 0) is 11.2 Å². The van der Waals surface area contributed by atoms with Crippen molar-refractivity contribution in [1.82, 2.24) is 0 Å². The zero-order chi connectivity index (χ0) is 12.1. The van der Waals surface area contributed by atoms with E-state index in [2.05, 4.69) is 24.3 Å². The first-order valence-electron chi connectivity index (χ1n) is 6.08. The van der Waals surface area contributed by atoms with E-state index in [4.69, 9.17) is 16.3 Å². The highest BCUT2D eigenvalue weighted by atomic mass is 35.5. The van der Waals surface area contributed by atoms with Crippen LogP contribution in [0.2, 0.25) is 0 Å². The number of hydrogen-bond acceptors (Lipinski definition) is 2.